The second-order valence-corrected chi connectivity index (χ2v) is 6.26. The van der Waals surface area contributed by atoms with E-state index >= 15 is 0 Å². The number of hydrogen-bond donors (Lipinski definition) is 3. The maximum Gasteiger partial charge on any atom is 0.319 e. The number of carboxylic acids is 1. The number of halogens is 1. The lowest BCUT2D eigenvalue weighted by molar-refractivity contribution is -0.142. The summed E-state index contributed by atoms with van der Waals surface area (Å²) in [5.74, 6) is -1.17. The van der Waals surface area contributed by atoms with E-state index in [0.717, 1.165) is 3.57 Å². The topological polar surface area (TPSA) is 78.4 Å². The summed E-state index contributed by atoms with van der Waals surface area (Å²) < 4.78 is 1.02. The lowest BCUT2D eigenvalue weighted by Gasteiger charge is -2.15. The van der Waals surface area contributed by atoms with E-state index in [1.807, 2.05) is 32.0 Å². The predicted octanol–water partition coefficient (Wildman–Crippen LogP) is 3.16. The zero-order chi connectivity index (χ0) is 15.1. The van der Waals surface area contributed by atoms with Gasteiger partial charge in [-0.15, -0.1) is 0 Å². The number of nitrogens with one attached hydrogen (secondary N) is 2. The molecule has 3 N–H and O–H groups in total. The van der Waals surface area contributed by atoms with Gasteiger partial charge in [-0.05, 0) is 53.1 Å². The third-order valence-corrected chi connectivity index (χ3v) is 3.37. The molecule has 6 heteroatoms. The number of carbonyl (C=O) groups is 2. The Labute approximate surface area is 132 Å². The molecule has 5 nitrogen and oxygen atoms in total. The number of carboxylic acid groups (broad SMARTS) is 1. The summed E-state index contributed by atoms with van der Waals surface area (Å²) in [4.78, 5) is 22.8. The average Bonchev–Trinajstić information content (AvgIpc) is 2.33. The van der Waals surface area contributed by atoms with E-state index in [9.17, 15) is 9.59 Å². The van der Waals surface area contributed by atoms with Crippen LogP contribution in [0.15, 0.2) is 24.3 Å². The van der Waals surface area contributed by atoms with Crippen molar-refractivity contribution in [3.8, 4) is 0 Å². The molecule has 1 unspecified atom stereocenters. The SMILES string of the molecule is CC(C)CC(CNC(=O)Nc1cccc(I)c1)C(=O)O. The van der Waals surface area contributed by atoms with Crippen molar-refractivity contribution in [2.75, 3.05) is 11.9 Å². The average molecular weight is 390 g/mol. The lowest BCUT2D eigenvalue weighted by Crippen LogP contribution is -2.36. The third-order valence-electron chi connectivity index (χ3n) is 2.70. The van der Waals surface area contributed by atoms with Crippen molar-refractivity contribution in [2.45, 2.75) is 20.3 Å². The van der Waals surface area contributed by atoms with Crippen LogP contribution in [0.4, 0.5) is 10.5 Å². The first kappa shape index (κ1) is 16.7. The molecule has 1 atom stereocenters. The van der Waals surface area contributed by atoms with E-state index in [-0.39, 0.29) is 18.5 Å². The number of hydrogen-bond acceptors (Lipinski definition) is 2. The summed E-state index contributed by atoms with van der Waals surface area (Å²) in [5, 5.41) is 14.4. The van der Waals surface area contributed by atoms with Crippen molar-refractivity contribution in [2.24, 2.45) is 11.8 Å². The van der Waals surface area contributed by atoms with Gasteiger partial charge < -0.3 is 15.7 Å². The van der Waals surface area contributed by atoms with Gasteiger partial charge in [0.05, 0.1) is 5.92 Å². The van der Waals surface area contributed by atoms with Crippen LogP contribution >= 0.6 is 22.6 Å². The van der Waals surface area contributed by atoms with Crippen LogP contribution in [0.3, 0.4) is 0 Å². The molecule has 0 aliphatic carbocycles. The van der Waals surface area contributed by atoms with Gasteiger partial charge in [-0.2, -0.15) is 0 Å². The van der Waals surface area contributed by atoms with E-state index < -0.39 is 11.9 Å². The fraction of sp³-hybridized carbons (Fsp3) is 0.429. The van der Waals surface area contributed by atoms with Crippen LogP contribution < -0.4 is 10.6 Å². The van der Waals surface area contributed by atoms with Gasteiger partial charge in [0.1, 0.15) is 0 Å². The summed E-state index contributed by atoms with van der Waals surface area (Å²) >= 11 is 2.16. The predicted molar refractivity (Wildman–Crippen MR) is 86.8 cm³/mol. The summed E-state index contributed by atoms with van der Waals surface area (Å²) in [6.45, 7) is 4.05. The molecule has 110 valence electrons. The summed E-state index contributed by atoms with van der Waals surface area (Å²) in [6.07, 6.45) is 0.541. The van der Waals surface area contributed by atoms with Gasteiger partial charge in [0.2, 0.25) is 0 Å². The summed E-state index contributed by atoms with van der Waals surface area (Å²) in [6, 6.07) is 7.00. The number of anilines is 1. The van der Waals surface area contributed by atoms with E-state index in [1.54, 1.807) is 6.07 Å². The number of urea groups is 1. The van der Waals surface area contributed by atoms with Gasteiger partial charge in [-0.25, -0.2) is 4.79 Å². The maximum absolute atomic E-state index is 11.7. The highest BCUT2D eigenvalue weighted by atomic mass is 127. The van der Waals surface area contributed by atoms with E-state index in [4.69, 9.17) is 5.11 Å². The molecule has 0 saturated carbocycles. The smallest absolute Gasteiger partial charge is 0.319 e. The molecular weight excluding hydrogens is 371 g/mol. The second-order valence-electron chi connectivity index (χ2n) is 5.01. The molecule has 0 aliphatic heterocycles. The van der Waals surface area contributed by atoms with Crippen molar-refractivity contribution in [3.63, 3.8) is 0 Å². The third kappa shape index (κ3) is 6.23. The van der Waals surface area contributed by atoms with Crippen molar-refractivity contribution in [1.82, 2.24) is 5.32 Å². The molecular formula is C14H19IN2O3. The molecule has 0 saturated heterocycles. The largest absolute Gasteiger partial charge is 0.481 e. The van der Waals surface area contributed by atoms with Crippen molar-refractivity contribution >= 4 is 40.3 Å². The standard InChI is InChI=1S/C14H19IN2O3/c1-9(2)6-10(13(18)19)8-16-14(20)17-12-5-3-4-11(15)7-12/h3-5,7,9-10H,6,8H2,1-2H3,(H,18,19)(H2,16,17,20). The maximum atomic E-state index is 11.7. The first-order valence-corrected chi connectivity index (χ1v) is 7.49. The molecule has 1 rings (SSSR count). The Kier molecular flexibility index (Phi) is 6.77. The quantitative estimate of drug-likeness (QED) is 0.653. The highest BCUT2D eigenvalue weighted by Gasteiger charge is 2.19. The first-order chi connectivity index (χ1) is 9.38. The van der Waals surface area contributed by atoms with Crippen molar-refractivity contribution in [1.29, 1.82) is 0 Å². The molecule has 0 spiro atoms. The van der Waals surface area contributed by atoms with E-state index in [2.05, 4.69) is 33.2 Å². The van der Waals surface area contributed by atoms with Crippen LogP contribution in [0.1, 0.15) is 20.3 Å². The zero-order valence-corrected chi connectivity index (χ0v) is 13.7. The van der Waals surface area contributed by atoms with Gasteiger partial charge in [-0.1, -0.05) is 19.9 Å². The lowest BCUT2D eigenvalue weighted by atomic mass is 9.97. The first-order valence-electron chi connectivity index (χ1n) is 6.41. The Morgan fingerprint density at radius 3 is 2.60 bits per heavy atom. The molecule has 0 fully saturated rings. The van der Waals surface area contributed by atoms with Gasteiger partial charge in [0.15, 0.2) is 0 Å². The molecule has 0 radical (unpaired) electrons. The molecule has 2 amide bonds. The zero-order valence-electron chi connectivity index (χ0n) is 11.5. The van der Waals surface area contributed by atoms with Crippen LogP contribution in [-0.4, -0.2) is 23.7 Å². The minimum Gasteiger partial charge on any atom is -0.481 e. The van der Waals surface area contributed by atoms with Gasteiger partial charge in [-0.3, -0.25) is 4.79 Å². The van der Waals surface area contributed by atoms with Crippen LogP contribution in [0.25, 0.3) is 0 Å². The number of rotatable bonds is 6. The Balaban J connectivity index is 2.47. The number of benzene rings is 1. The van der Waals surface area contributed by atoms with Gasteiger partial charge >= 0.3 is 12.0 Å². The Morgan fingerprint density at radius 2 is 2.05 bits per heavy atom. The molecule has 0 heterocycles. The Morgan fingerprint density at radius 1 is 1.35 bits per heavy atom. The summed E-state index contributed by atoms with van der Waals surface area (Å²) in [7, 11) is 0. The number of aliphatic carboxylic acids is 1. The molecule has 0 aromatic heterocycles. The molecule has 20 heavy (non-hydrogen) atoms. The van der Waals surface area contributed by atoms with Crippen LogP contribution in [0.5, 0.6) is 0 Å². The van der Waals surface area contributed by atoms with Gasteiger partial charge in [0, 0.05) is 15.8 Å². The number of carbonyl (C=O) groups excluding carboxylic acids is 1. The van der Waals surface area contributed by atoms with Crippen molar-refractivity contribution < 1.29 is 14.7 Å². The minimum absolute atomic E-state index is 0.128. The molecule has 1 aromatic rings. The van der Waals surface area contributed by atoms with Crippen LogP contribution in [0.2, 0.25) is 0 Å². The second kappa shape index (κ2) is 8.08. The van der Waals surface area contributed by atoms with Gasteiger partial charge in [0.25, 0.3) is 0 Å². The minimum atomic E-state index is -0.881. The van der Waals surface area contributed by atoms with Crippen LogP contribution in [-0.2, 0) is 4.79 Å². The van der Waals surface area contributed by atoms with E-state index in [0.29, 0.717) is 12.1 Å². The van der Waals surface area contributed by atoms with E-state index in [1.165, 1.54) is 0 Å². The fourth-order valence-corrected chi connectivity index (χ4v) is 2.34. The number of amides is 2. The Hall–Kier alpha value is -1.31. The van der Waals surface area contributed by atoms with Crippen molar-refractivity contribution in [3.05, 3.63) is 27.8 Å². The normalized spacial score (nSPS) is 12.0. The monoisotopic (exact) mass is 390 g/mol. The molecule has 1 aromatic carbocycles. The summed E-state index contributed by atoms with van der Waals surface area (Å²) in [5.41, 5.74) is 0.685. The Bertz CT molecular complexity index is 477. The highest BCUT2D eigenvalue weighted by molar-refractivity contribution is 14.1. The highest BCUT2D eigenvalue weighted by Crippen LogP contribution is 2.13. The molecule has 0 aliphatic rings. The van der Waals surface area contributed by atoms with Crippen LogP contribution in [0, 0.1) is 15.4 Å². The molecule has 0 bridgehead atoms. The fourth-order valence-electron chi connectivity index (χ4n) is 1.80.